The lowest BCUT2D eigenvalue weighted by atomic mass is 10.2. The molecule has 88 valence electrons. The third-order valence-corrected chi connectivity index (χ3v) is 2.37. The van der Waals surface area contributed by atoms with E-state index in [9.17, 15) is 4.79 Å². The summed E-state index contributed by atoms with van der Waals surface area (Å²) in [6.07, 6.45) is 4.53. The van der Waals surface area contributed by atoms with Gasteiger partial charge in [0.05, 0.1) is 0 Å². The highest BCUT2D eigenvalue weighted by Gasteiger charge is 2.10. The molecule has 0 saturated carbocycles. The van der Waals surface area contributed by atoms with Gasteiger partial charge in [-0.1, -0.05) is 33.3 Å². The summed E-state index contributed by atoms with van der Waals surface area (Å²) >= 11 is 0. The largest absolute Gasteiger partial charge is 0.478 e. The Morgan fingerprint density at radius 1 is 1.20 bits per heavy atom. The second-order valence-corrected chi connectivity index (χ2v) is 3.89. The van der Waals surface area contributed by atoms with Crippen LogP contribution in [0.5, 0.6) is 0 Å². The van der Waals surface area contributed by atoms with Gasteiger partial charge in [-0.3, -0.25) is 4.90 Å². The van der Waals surface area contributed by atoms with Gasteiger partial charge < -0.3 is 5.11 Å². The molecule has 0 radical (unpaired) electrons. The molecule has 0 aliphatic rings. The topological polar surface area (TPSA) is 40.5 Å². The summed E-state index contributed by atoms with van der Waals surface area (Å²) in [7, 11) is 0. The van der Waals surface area contributed by atoms with Crippen LogP contribution in [-0.2, 0) is 4.79 Å². The van der Waals surface area contributed by atoms with E-state index in [2.05, 4.69) is 25.3 Å². The van der Waals surface area contributed by atoms with Gasteiger partial charge >= 0.3 is 5.97 Å². The smallest absolute Gasteiger partial charge is 0.332 e. The van der Waals surface area contributed by atoms with Crippen molar-refractivity contribution >= 4 is 5.97 Å². The number of aliphatic carboxylic acids is 1. The third kappa shape index (κ3) is 7.14. The van der Waals surface area contributed by atoms with E-state index < -0.39 is 5.97 Å². The Hall–Kier alpha value is -0.830. The van der Waals surface area contributed by atoms with Crippen molar-refractivity contribution in [3.05, 3.63) is 12.2 Å². The molecule has 0 unspecified atom stereocenters. The minimum atomic E-state index is -0.881. The minimum absolute atomic E-state index is 0.294. The van der Waals surface area contributed by atoms with Crippen molar-refractivity contribution in [2.45, 2.75) is 39.5 Å². The number of unbranched alkanes of at least 4 members (excludes halogenated alkanes) is 2. The van der Waals surface area contributed by atoms with Crippen molar-refractivity contribution in [3.63, 3.8) is 0 Å². The molecule has 0 amide bonds. The Labute approximate surface area is 92.8 Å². The average Bonchev–Trinajstić information content (AvgIpc) is 2.21. The molecule has 0 bridgehead atoms. The van der Waals surface area contributed by atoms with Crippen molar-refractivity contribution in [3.8, 4) is 0 Å². The summed E-state index contributed by atoms with van der Waals surface area (Å²) in [4.78, 5) is 12.8. The Bertz CT molecular complexity index is 194. The molecular formula is C12H23NO2. The zero-order valence-corrected chi connectivity index (χ0v) is 9.96. The van der Waals surface area contributed by atoms with Crippen LogP contribution in [0.25, 0.3) is 0 Å². The predicted molar refractivity (Wildman–Crippen MR) is 63.0 cm³/mol. The van der Waals surface area contributed by atoms with Gasteiger partial charge in [-0.05, 0) is 25.9 Å². The zero-order valence-electron chi connectivity index (χ0n) is 9.96. The molecule has 3 nitrogen and oxygen atoms in total. The highest BCUT2D eigenvalue weighted by Crippen LogP contribution is 2.03. The molecule has 0 aliphatic heterocycles. The molecule has 15 heavy (non-hydrogen) atoms. The lowest BCUT2D eigenvalue weighted by Gasteiger charge is -2.21. The number of hydrogen-bond acceptors (Lipinski definition) is 2. The van der Waals surface area contributed by atoms with E-state index in [0.717, 1.165) is 38.8 Å². The predicted octanol–water partition coefficient (Wildman–Crippen LogP) is 2.53. The van der Waals surface area contributed by atoms with Gasteiger partial charge in [0.25, 0.3) is 0 Å². The van der Waals surface area contributed by atoms with Crippen molar-refractivity contribution in [1.29, 1.82) is 0 Å². The molecule has 0 spiro atoms. The Balaban J connectivity index is 3.98. The Morgan fingerprint density at radius 2 is 1.67 bits per heavy atom. The van der Waals surface area contributed by atoms with Gasteiger partial charge in [-0.15, -0.1) is 0 Å². The maximum atomic E-state index is 10.7. The van der Waals surface area contributed by atoms with Crippen LogP contribution in [-0.4, -0.2) is 35.6 Å². The van der Waals surface area contributed by atoms with Crippen molar-refractivity contribution in [2.75, 3.05) is 19.6 Å². The van der Waals surface area contributed by atoms with Crippen LogP contribution in [0.15, 0.2) is 12.2 Å². The van der Waals surface area contributed by atoms with E-state index in [0.29, 0.717) is 12.1 Å². The molecule has 0 aromatic heterocycles. The molecule has 0 rings (SSSR count). The zero-order chi connectivity index (χ0) is 11.7. The first kappa shape index (κ1) is 14.2. The lowest BCUT2D eigenvalue weighted by Crippen LogP contribution is -2.29. The molecule has 0 atom stereocenters. The van der Waals surface area contributed by atoms with E-state index in [1.54, 1.807) is 0 Å². The van der Waals surface area contributed by atoms with Gasteiger partial charge in [0.1, 0.15) is 0 Å². The lowest BCUT2D eigenvalue weighted by molar-refractivity contribution is -0.132. The average molecular weight is 213 g/mol. The third-order valence-electron chi connectivity index (χ3n) is 2.37. The van der Waals surface area contributed by atoms with Gasteiger partial charge in [0.2, 0.25) is 0 Å². The fourth-order valence-electron chi connectivity index (χ4n) is 1.37. The molecule has 0 aromatic rings. The summed E-state index contributed by atoms with van der Waals surface area (Å²) in [5.74, 6) is -0.881. The number of carboxylic acids is 1. The van der Waals surface area contributed by atoms with Crippen LogP contribution in [0.1, 0.15) is 39.5 Å². The highest BCUT2D eigenvalue weighted by molar-refractivity contribution is 5.86. The summed E-state index contributed by atoms with van der Waals surface area (Å²) in [6, 6.07) is 0. The van der Waals surface area contributed by atoms with Crippen LogP contribution >= 0.6 is 0 Å². The standard InChI is InChI=1S/C12H23NO2/c1-4-6-8-13(9-7-5-2)10-11(3)12(14)15/h3-10H2,1-2H3,(H,14,15). The van der Waals surface area contributed by atoms with E-state index in [1.165, 1.54) is 0 Å². The van der Waals surface area contributed by atoms with Gasteiger partial charge in [0.15, 0.2) is 0 Å². The molecule has 3 heteroatoms. The maximum absolute atomic E-state index is 10.7. The maximum Gasteiger partial charge on any atom is 0.332 e. The van der Waals surface area contributed by atoms with E-state index in [4.69, 9.17) is 5.11 Å². The monoisotopic (exact) mass is 213 g/mol. The fourth-order valence-corrected chi connectivity index (χ4v) is 1.37. The number of hydrogen-bond donors (Lipinski definition) is 1. The van der Waals surface area contributed by atoms with Gasteiger partial charge in [0, 0.05) is 12.1 Å². The van der Waals surface area contributed by atoms with E-state index in [1.807, 2.05) is 0 Å². The Morgan fingerprint density at radius 3 is 2.00 bits per heavy atom. The van der Waals surface area contributed by atoms with Crippen LogP contribution in [0.2, 0.25) is 0 Å². The van der Waals surface area contributed by atoms with E-state index >= 15 is 0 Å². The Kier molecular flexibility index (Phi) is 8.01. The fraction of sp³-hybridized carbons (Fsp3) is 0.750. The second-order valence-electron chi connectivity index (χ2n) is 3.89. The van der Waals surface area contributed by atoms with Crippen LogP contribution in [0.4, 0.5) is 0 Å². The number of carbonyl (C=O) groups is 1. The second kappa shape index (κ2) is 8.48. The number of nitrogens with zero attached hydrogens (tertiary/aromatic N) is 1. The molecule has 0 saturated heterocycles. The molecule has 0 heterocycles. The van der Waals surface area contributed by atoms with Gasteiger partial charge in [-0.25, -0.2) is 4.79 Å². The first-order chi connectivity index (χ1) is 7.11. The molecule has 0 fully saturated rings. The van der Waals surface area contributed by atoms with Crippen molar-refractivity contribution in [1.82, 2.24) is 4.90 Å². The van der Waals surface area contributed by atoms with Crippen molar-refractivity contribution < 1.29 is 9.90 Å². The first-order valence-corrected chi connectivity index (χ1v) is 5.75. The summed E-state index contributed by atoms with van der Waals surface area (Å²) in [6.45, 7) is 10.3. The first-order valence-electron chi connectivity index (χ1n) is 5.75. The summed E-state index contributed by atoms with van der Waals surface area (Å²) in [5.41, 5.74) is 0.294. The SMILES string of the molecule is C=C(CN(CCCC)CCCC)C(=O)O. The highest BCUT2D eigenvalue weighted by atomic mass is 16.4. The van der Waals surface area contributed by atoms with Crippen LogP contribution < -0.4 is 0 Å². The minimum Gasteiger partial charge on any atom is -0.478 e. The molecular weight excluding hydrogens is 190 g/mol. The quantitative estimate of drug-likeness (QED) is 0.598. The summed E-state index contributed by atoms with van der Waals surface area (Å²) < 4.78 is 0. The number of carboxylic acid groups (broad SMARTS) is 1. The molecule has 0 aromatic carbocycles. The molecule has 1 N–H and O–H groups in total. The molecule has 0 aliphatic carbocycles. The van der Waals surface area contributed by atoms with Crippen LogP contribution in [0.3, 0.4) is 0 Å². The normalized spacial score (nSPS) is 10.6. The number of rotatable bonds is 9. The van der Waals surface area contributed by atoms with Crippen LogP contribution in [0, 0.1) is 0 Å². The summed E-state index contributed by atoms with van der Waals surface area (Å²) in [5, 5.41) is 8.76. The van der Waals surface area contributed by atoms with Gasteiger partial charge in [-0.2, -0.15) is 0 Å². The van der Waals surface area contributed by atoms with Crippen molar-refractivity contribution in [2.24, 2.45) is 0 Å². The van der Waals surface area contributed by atoms with E-state index in [-0.39, 0.29) is 0 Å².